The molecule has 0 spiro atoms. The maximum absolute atomic E-state index is 6.44. The standard InChI is InChI=1S/C24H14Br4O/c25-19-13-11-17(15-7-3-1-4-8-15)21(27)23(19)29-24-20(26)14-12-18(22(24)28)16-9-5-2-6-10-16/h1-14H. The molecule has 0 heterocycles. The fourth-order valence-corrected chi connectivity index (χ4v) is 5.70. The predicted octanol–water partition coefficient (Wildman–Crippen LogP) is 9.86. The van der Waals surface area contributed by atoms with Gasteiger partial charge in [0.05, 0.1) is 17.9 Å². The minimum absolute atomic E-state index is 0.720. The molecule has 0 aromatic heterocycles. The van der Waals surface area contributed by atoms with Gasteiger partial charge in [-0.25, -0.2) is 0 Å². The lowest BCUT2D eigenvalue weighted by atomic mass is 10.1. The summed E-state index contributed by atoms with van der Waals surface area (Å²) in [5.74, 6) is 1.44. The largest absolute Gasteiger partial charge is 0.453 e. The van der Waals surface area contributed by atoms with Crippen molar-refractivity contribution in [3.63, 3.8) is 0 Å². The molecule has 0 amide bonds. The van der Waals surface area contributed by atoms with E-state index in [0.29, 0.717) is 0 Å². The van der Waals surface area contributed by atoms with Crippen LogP contribution in [0.2, 0.25) is 0 Å². The van der Waals surface area contributed by atoms with Gasteiger partial charge in [0.2, 0.25) is 0 Å². The summed E-state index contributed by atoms with van der Waals surface area (Å²) < 4.78 is 9.96. The summed E-state index contributed by atoms with van der Waals surface area (Å²) in [7, 11) is 0. The third-order valence-electron chi connectivity index (χ3n) is 4.47. The van der Waals surface area contributed by atoms with Gasteiger partial charge in [0.25, 0.3) is 0 Å². The van der Waals surface area contributed by atoms with Gasteiger partial charge in [-0.2, -0.15) is 0 Å². The topological polar surface area (TPSA) is 9.23 Å². The van der Waals surface area contributed by atoms with Gasteiger partial charge >= 0.3 is 0 Å². The maximum Gasteiger partial charge on any atom is 0.156 e. The van der Waals surface area contributed by atoms with Crippen LogP contribution in [0.25, 0.3) is 22.3 Å². The SMILES string of the molecule is Brc1ccc(-c2ccccc2)c(Br)c1Oc1c(Br)ccc(-c2ccccc2)c1Br. The Bertz CT molecular complexity index is 1070. The van der Waals surface area contributed by atoms with Crippen molar-refractivity contribution in [3.8, 4) is 33.8 Å². The first-order valence-corrected chi connectivity index (χ1v) is 12.0. The van der Waals surface area contributed by atoms with E-state index in [1.165, 1.54) is 0 Å². The van der Waals surface area contributed by atoms with Gasteiger partial charge in [-0.3, -0.25) is 0 Å². The van der Waals surface area contributed by atoms with Crippen LogP contribution in [0.15, 0.2) is 103 Å². The van der Waals surface area contributed by atoms with E-state index in [0.717, 1.165) is 51.6 Å². The number of hydrogen-bond acceptors (Lipinski definition) is 1. The summed E-state index contributed by atoms with van der Waals surface area (Å²) in [4.78, 5) is 0. The molecule has 0 N–H and O–H groups in total. The van der Waals surface area contributed by atoms with E-state index in [1.54, 1.807) is 0 Å². The molecule has 0 aliphatic carbocycles. The zero-order valence-electron chi connectivity index (χ0n) is 15.0. The smallest absolute Gasteiger partial charge is 0.156 e. The Kier molecular flexibility index (Phi) is 6.60. The Labute approximate surface area is 203 Å². The molecule has 144 valence electrons. The van der Waals surface area contributed by atoms with Crippen LogP contribution < -0.4 is 4.74 Å². The Morgan fingerprint density at radius 1 is 0.448 bits per heavy atom. The summed E-state index contributed by atoms with van der Waals surface area (Å²) in [5.41, 5.74) is 4.37. The zero-order chi connectivity index (χ0) is 20.4. The molecule has 0 aliphatic heterocycles. The Morgan fingerprint density at radius 3 is 1.21 bits per heavy atom. The molecule has 29 heavy (non-hydrogen) atoms. The molecular weight excluding hydrogens is 624 g/mol. The molecule has 4 aromatic rings. The van der Waals surface area contributed by atoms with E-state index >= 15 is 0 Å². The van der Waals surface area contributed by atoms with Crippen molar-refractivity contribution in [2.24, 2.45) is 0 Å². The van der Waals surface area contributed by atoms with Crippen LogP contribution in [-0.4, -0.2) is 0 Å². The van der Waals surface area contributed by atoms with Crippen LogP contribution in [-0.2, 0) is 0 Å². The van der Waals surface area contributed by atoms with Crippen LogP contribution in [0.1, 0.15) is 0 Å². The van der Waals surface area contributed by atoms with Crippen molar-refractivity contribution in [1.29, 1.82) is 0 Å². The first kappa shape index (κ1) is 20.9. The zero-order valence-corrected chi connectivity index (χ0v) is 21.3. The fraction of sp³-hybridized carbons (Fsp3) is 0. The van der Waals surface area contributed by atoms with Crippen LogP contribution in [0.5, 0.6) is 11.5 Å². The molecule has 0 atom stereocenters. The van der Waals surface area contributed by atoms with Crippen LogP contribution in [0, 0.1) is 0 Å². The van der Waals surface area contributed by atoms with Crippen molar-refractivity contribution in [3.05, 3.63) is 103 Å². The van der Waals surface area contributed by atoms with Crippen molar-refractivity contribution < 1.29 is 4.74 Å². The third-order valence-corrected chi connectivity index (χ3v) is 7.30. The molecule has 0 aliphatic rings. The Hall–Kier alpha value is -1.40. The third kappa shape index (κ3) is 4.38. The molecule has 0 saturated carbocycles. The number of halogens is 4. The molecule has 4 rings (SSSR count). The number of rotatable bonds is 4. The molecule has 0 fully saturated rings. The molecular formula is C24H14Br4O. The predicted molar refractivity (Wildman–Crippen MR) is 135 cm³/mol. The first-order valence-electron chi connectivity index (χ1n) is 8.81. The highest BCUT2D eigenvalue weighted by Crippen LogP contribution is 2.47. The summed E-state index contributed by atoms with van der Waals surface area (Å²) in [6.07, 6.45) is 0. The van der Waals surface area contributed by atoms with Gasteiger partial charge < -0.3 is 4.74 Å². The van der Waals surface area contributed by atoms with E-state index in [1.807, 2.05) is 48.5 Å². The van der Waals surface area contributed by atoms with E-state index < -0.39 is 0 Å². The van der Waals surface area contributed by atoms with E-state index in [4.69, 9.17) is 4.74 Å². The van der Waals surface area contributed by atoms with E-state index in [2.05, 4.69) is 100 Å². The number of benzene rings is 4. The van der Waals surface area contributed by atoms with E-state index in [9.17, 15) is 0 Å². The van der Waals surface area contributed by atoms with Crippen molar-refractivity contribution in [1.82, 2.24) is 0 Å². The van der Waals surface area contributed by atoms with Gasteiger partial charge in [-0.15, -0.1) is 0 Å². The molecule has 0 saturated heterocycles. The Balaban J connectivity index is 1.81. The molecule has 0 radical (unpaired) electrons. The van der Waals surface area contributed by atoms with Crippen LogP contribution >= 0.6 is 63.7 Å². The average molecular weight is 638 g/mol. The van der Waals surface area contributed by atoms with Gasteiger partial charge in [0.1, 0.15) is 0 Å². The minimum Gasteiger partial charge on any atom is -0.453 e. The summed E-state index contributed by atoms with van der Waals surface area (Å²) >= 11 is 14.8. The van der Waals surface area contributed by atoms with E-state index in [-0.39, 0.29) is 0 Å². The van der Waals surface area contributed by atoms with Crippen molar-refractivity contribution in [2.75, 3.05) is 0 Å². The van der Waals surface area contributed by atoms with Crippen molar-refractivity contribution in [2.45, 2.75) is 0 Å². The van der Waals surface area contributed by atoms with Gasteiger partial charge in [0, 0.05) is 0 Å². The lowest BCUT2D eigenvalue weighted by Gasteiger charge is -2.17. The molecule has 5 heteroatoms. The highest BCUT2D eigenvalue weighted by atomic mass is 79.9. The molecule has 0 unspecified atom stereocenters. The lowest BCUT2D eigenvalue weighted by molar-refractivity contribution is 0.471. The summed E-state index contributed by atoms with van der Waals surface area (Å²) in [5, 5.41) is 0. The highest BCUT2D eigenvalue weighted by Gasteiger charge is 2.18. The second-order valence-electron chi connectivity index (χ2n) is 6.31. The first-order chi connectivity index (χ1) is 14.1. The molecule has 1 nitrogen and oxygen atoms in total. The molecule has 4 aromatic carbocycles. The normalized spacial score (nSPS) is 10.8. The van der Waals surface area contributed by atoms with Gasteiger partial charge in [0.15, 0.2) is 11.5 Å². The summed E-state index contributed by atoms with van der Waals surface area (Å²) in [6, 6.07) is 28.6. The second-order valence-corrected chi connectivity index (χ2v) is 9.60. The molecule has 0 bridgehead atoms. The van der Waals surface area contributed by atoms with Crippen LogP contribution in [0.4, 0.5) is 0 Å². The Morgan fingerprint density at radius 2 is 0.828 bits per heavy atom. The lowest BCUT2D eigenvalue weighted by Crippen LogP contribution is -1.93. The number of hydrogen-bond donors (Lipinski definition) is 0. The minimum atomic E-state index is 0.720. The van der Waals surface area contributed by atoms with Crippen LogP contribution in [0.3, 0.4) is 0 Å². The van der Waals surface area contributed by atoms with Gasteiger partial charge in [-0.1, -0.05) is 72.8 Å². The highest BCUT2D eigenvalue weighted by molar-refractivity contribution is 9.11. The number of ether oxygens (including phenoxy) is 1. The average Bonchev–Trinajstić information content (AvgIpc) is 2.74. The quantitative estimate of drug-likeness (QED) is 0.216. The fourth-order valence-electron chi connectivity index (χ4n) is 3.04. The summed E-state index contributed by atoms with van der Waals surface area (Å²) in [6.45, 7) is 0. The second kappa shape index (κ2) is 9.17. The van der Waals surface area contributed by atoms with Crippen molar-refractivity contribution >= 4 is 63.7 Å². The maximum atomic E-state index is 6.44. The monoisotopic (exact) mass is 634 g/mol. The van der Waals surface area contributed by atoms with Gasteiger partial charge in [-0.05, 0) is 98.1 Å².